The number of halogens is 1. The van der Waals surface area contributed by atoms with Crippen LogP contribution in [-0.4, -0.2) is 41.3 Å². The Balaban J connectivity index is 0.00000529. The van der Waals surface area contributed by atoms with E-state index in [1.54, 1.807) is 0 Å². The van der Waals surface area contributed by atoms with Crippen LogP contribution in [0.25, 0.3) is 0 Å². The largest absolute Gasteiger partial charge is 0.356 e. The zero-order chi connectivity index (χ0) is 17.6. The minimum Gasteiger partial charge on any atom is -0.356 e. The second-order valence-corrected chi connectivity index (χ2v) is 7.86. The molecule has 140 valence electrons. The molecule has 0 aliphatic rings. The van der Waals surface area contributed by atoms with Gasteiger partial charge in [0.05, 0.1) is 5.69 Å². The van der Waals surface area contributed by atoms with Gasteiger partial charge in [0.25, 0.3) is 0 Å². The minimum atomic E-state index is 0. The Labute approximate surface area is 165 Å². The van der Waals surface area contributed by atoms with Crippen LogP contribution in [-0.2, 0) is 13.6 Å². The summed E-state index contributed by atoms with van der Waals surface area (Å²) in [5.74, 6) is 1.37. The first kappa shape index (κ1) is 23.2. The van der Waals surface area contributed by atoms with Crippen LogP contribution in [0.15, 0.2) is 11.2 Å². The van der Waals surface area contributed by atoms with Crippen LogP contribution in [0.4, 0.5) is 0 Å². The van der Waals surface area contributed by atoms with Crippen molar-refractivity contribution < 1.29 is 0 Å². The average molecular weight is 449 g/mol. The quantitative estimate of drug-likeness (QED) is 0.309. The summed E-state index contributed by atoms with van der Waals surface area (Å²) in [5.41, 5.74) is 2.82. The first-order valence-electron chi connectivity index (χ1n) is 8.58. The molecular weight excluding hydrogens is 413 g/mol. The van der Waals surface area contributed by atoms with Crippen molar-refractivity contribution in [3.63, 3.8) is 0 Å². The third-order valence-corrected chi connectivity index (χ3v) is 3.85. The number of hydrogen-bond donors (Lipinski definition) is 1. The highest BCUT2D eigenvalue weighted by Crippen LogP contribution is 2.20. The summed E-state index contributed by atoms with van der Waals surface area (Å²) >= 11 is 0. The molecule has 0 aliphatic carbocycles. The van der Waals surface area contributed by atoms with Crippen molar-refractivity contribution >= 4 is 29.9 Å². The molecule has 0 bridgehead atoms. The predicted octanol–water partition coefficient (Wildman–Crippen LogP) is 4.00. The summed E-state index contributed by atoms with van der Waals surface area (Å²) in [6, 6.07) is 0. The summed E-state index contributed by atoms with van der Waals surface area (Å²) in [5, 5.41) is 8.05. The Kier molecular flexibility index (Phi) is 9.92. The molecule has 1 rings (SSSR count). The zero-order valence-electron chi connectivity index (χ0n) is 16.7. The van der Waals surface area contributed by atoms with Gasteiger partial charge in [-0.2, -0.15) is 5.10 Å². The Morgan fingerprint density at radius 2 is 2.00 bits per heavy atom. The monoisotopic (exact) mass is 449 g/mol. The lowest BCUT2D eigenvalue weighted by Crippen LogP contribution is -2.39. The first-order chi connectivity index (χ1) is 10.6. The predicted molar refractivity (Wildman–Crippen MR) is 114 cm³/mol. The zero-order valence-corrected chi connectivity index (χ0v) is 19.0. The lowest BCUT2D eigenvalue weighted by molar-refractivity contribution is 0.363. The van der Waals surface area contributed by atoms with Gasteiger partial charge in [-0.25, -0.2) is 0 Å². The molecule has 5 nitrogen and oxygen atoms in total. The van der Waals surface area contributed by atoms with Crippen LogP contribution < -0.4 is 5.32 Å². The number of nitrogens with zero attached hydrogens (tertiary/aromatic N) is 4. The van der Waals surface area contributed by atoms with Crippen LogP contribution in [0, 0.1) is 5.41 Å². The summed E-state index contributed by atoms with van der Waals surface area (Å²) in [6.07, 6.45) is 4.47. The SMILES string of the molecule is CN=C(NCCCC(C)(C)C)N(C)Cc1cn(C)nc1C(C)C.I. The van der Waals surface area contributed by atoms with Crippen LogP contribution in [0.5, 0.6) is 0 Å². The number of nitrogens with one attached hydrogen (secondary N) is 1. The molecule has 1 heterocycles. The van der Waals surface area contributed by atoms with E-state index >= 15 is 0 Å². The van der Waals surface area contributed by atoms with Crippen LogP contribution >= 0.6 is 24.0 Å². The van der Waals surface area contributed by atoms with E-state index < -0.39 is 0 Å². The van der Waals surface area contributed by atoms with Crippen molar-refractivity contribution in [2.45, 2.75) is 59.9 Å². The van der Waals surface area contributed by atoms with Gasteiger partial charge in [-0.15, -0.1) is 24.0 Å². The lowest BCUT2D eigenvalue weighted by Gasteiger charge is -2.23. The molecule has 0 fully saturated rings. The molecule has 1 aromatic rings. The maximum atomic E-state index is 4.58. The van der Waals surface area contributed by atoms with Crippen LogP contribution in [0.3, 0.4) is 0 Å². The third-order valence-electron chi connectivity index (χ3n) is 3.85. The van der Waals surface area contributed by atoms with Crippen LogP contribution in [0.1, 0.15) is 64.6 Å². The third kappa shape index (κ3) is 7.85. The molecule has 24 heavy (non-hydrogen) atoms. The van der Waals surface area contributed by atoms with Crippen molar-refractivity contribution in [2.24, 2.45) is 17.5 Å². The summed E-state index contributed by atoms with van der Waals surface area (Å²) < 4.78 is 1.90. The second-order valence-electron chi connectivity index (χ2n) is 7.86. The highest BCUT2D eigenvalue weighted by molar-refractivity contribution is 14.0. The topological polar surface area (TPSA) is 45.5 Å². The molecule has 0 unspecified atom stereocenters. The van der Waals surface area contributed by atoms with Gasteiger partial charge in [-0.3, -0.25) is 9.67 Å². The molecule has 0 aliphatic heterocycles. The maximum absolute atomic E-state index is 4.58. The fourth-order valence-electron chi connectivity index (χ4n) is 2.70. The molecule has 0 spiro atoms. The number of aliphatic imine (C=N–C) groups is 1. The fourth-order valence-corrected chi connectivity index (χ4v) is 2.70. The van der Waals surface area contributed by atoms with E-state index in [0.29, 0.717) is 11.3 Å². The van der Waals surface area contributed by atoms with Crippen molar-refractivity contribution in [1.82, 2.24) is 20.0 Å². The molecule has 0 amide bonds. The Hall–Kier alpha value is -0.790. The standard InChI is InChI=1S/C18H35N5.HI/c1-14(2)16-15(13-23(8)21-16)12-22(7)17(19-6)20-11-9-10-18(3,4)5;/h13-14H,9-12H2,1-8H3,(H,19,20);1H. The summed E-state index contributed by atoms with van der Waals surface area (Å²) in [4.78, 5) is 6.57. The normalized spacial score (nSPS) is 12.3. The van der Waals surface area contributed by atoms with Crippen LogP contribution in [0.2, 0.25) is 0 Å². The van der Waals surface area contributed by atoms with Gasteiger partial charge < -0.3 is 10.2 Å². The molecule has 1 aromatic heterocycles. The molecule has 0 aromatic carbocycles. The summed E-state index contributed by atoms with van der Waals surface area (Å²) in [7, 11) is 5.90. The number of guanidine groups is 1. The molecular formula is C18H36IN5. The van der Waals surface area contributed by atoms with E-state index in [4.69, 9.17) is 0 Å². The van der Waals surface area contributed by atoms with Gasteiger partial charge in [-0.1, -0.05) is 34.6 Å². The molecule has 0 radical (unpaired) electrons. The van der Waals surface area contributed by atoms with E-state index in [-0.39, 0.29) is 24.0 Å². The van der Waals surface area contributed by atoms with E-state index in [1.807, 2.05) is 18.8 Å². The fraction of sp³-hybridized carbons (Fsp3) is 0.778. The molecule has 0 saturated heterocycles. The van der Waals surface area contributed by atoms with Gasteiger partial charge in [-0.05, 0) is 24.2 Å². The average Bonchev–Trinajstić information content (AvgIpc) is 2.78. The smallest absolute Gasteiger partial charge is 0.193 e. The van der Waals surface area contributed by atoms with Gasteiger partial charge in [0.15, 0.2) is 5.96 Å². The molecule has 6 heteroatoms. The van der Waals surface area contributed by atoms with Gasteiger partial charge in [0, 0.05) is 46.0 Å². The molecule has 1 N–H and O–H groups in total. The lowest BCUT2D eigenvalue weighted by atomic mass is 9.91. The maximum Gasteiger partial charge on any atom is 0.193 e. The van der Waals surface area contributed by atoms with E-state index in [1.165, 1.54) is 17.7 Å². The van der Waals surface area contributed by atoms with Crippen molar-refractivity contribution in [3.05, 3.63) is 17.5 Å². The Morgan fingerprint density at radius 1 is 1.38 bits per heavy atom. The van der Waals surface area contributed by atoms with Crippen molar-refractivity contribution in [2.75, 3.05) is 20.6 Å². The number of aryl methyl sites for hydroxylation is 1. The van der Waals surface area contributed by atoms with E-state index in [9.17, 15) is 0 Å². The Morgan fingerprint density at radius 3 is 2.50 bits per heavy atom. The van der Waals surface area contributed by atoms with Crippen molar-refractivity contribution in [3.8, 4) is 0 Å². The van der Waals surface area contributed by atoms with E-state index in [2.05, 4.69) is 68.2 Å². The number of rotatable bonds is 6. The summed E-state index contributed by atoms with van der Waals surface area (Å²) in [6.45, 7) is 13.0. The van der Waals surface area contributed by atoms with Crippen molar-refractivity contribution in [1.29, 1.82) is 0 Å². The molecule has 0 saturated carbocycles. The van der Waals surface area contributed by atoms with Gasteiger partial charge in [0.2, 0.25) is 0 Å². The Bertz CT molecular complexity index is 514. The van der Waals surface area contributed by atoms with Gasteiger partial charge in [0.1, 0.15) is 0 Å². The van der Waals surface area contributed by atoms with E-state index in [0.717, 1.165) is 25.5 Å². The number of hydrogen-bond acceptors (Lipinski definition) is 2. The second kappa shape index (κ2) is 10.3. The first-order valence-corrected chi connectivity index (χ1v) is 8.58. The molecule has 0 atom stereocenters. The number of aromatic nitrogens is 2. The van der Waals surface area contributed by atoms with Gasteiger partial charge >= 0.3 is 0 Å². The highest BCUT2D eigenvalue weighted by Gasteiger charge is 2.15. The highest BCUT2D eigenvalue weighted by atomic mass is 127. The minimum absolute atomic E-state index is 0.